The summed E-state index contributed by atoms with van der Waals surface area (Å²) in [6, 6.07) is 3.29. The first-order chi connectivity index (χ1) is 13.2. The molecule has 1 atom stereocenters. The predicted octanol–water partition coefficient (Wildman–Crippen LogP) is 1.53. The molecule has 1 aliphatic heterocycles. The van der Waals surface area contributed by atoms with Crippen molar-refractivity contribution in [3.63, 3.8) is 0 Å². The lowest BCUT2D eigenvalue weighted by atomic mass is 9.98. The van der Waals surface area contributed by atoms with Gasteiger partial charge in [-0.25, -0.2) is 14.8 Å². The quantitative estimate of drug-likeness (QED) is 0.802. The van der Waals surface area contributed by atoms with Crippen LogP contribution in [0, 0.1) is 6.92 Å². The summed E-state index contributed by atoms with van der Waals surface area (Å²) in [4.78, 5) is 24.3. The second-order valence-corrected chi connectivity index (χ2v) is 9.15. The zero-order valence-corrected chi connectivity index (χ0v) is 16.8. The molecule has 0 bridgehead atoms. The molecule has 150 valence electrons. The molecule has 0 radical (unpaired) electrons. The molecule has 1 fully saturated rings. The van der Waals surface area contributed by atoms with E-state index < -0.39 is 16.2 Å². The van der Waals surface area contributed by atoms with Crippen molar-refractivity contribution in [1.29, 1.82) is 0 Å². The molecule has 2 aromatic rings. The second-order valence-electron chi connectivity index (χ2n) is 7.01. The minimum Gasteiger partial charge on any atom is -0.478 e. The molecule has 9 nitrogen and oxygen atoms in total. The van der Waals surface area contributed by atoms with E-state index in [4.69, 9.17) is 0 Å². The average molecular weight is 405 g/mol. The molecule has 0 spiro atoms. The van der Waals surface area contributed by atoms with Crippen LogP contribution < -0.4 is 0 Å². The van der Waals surface area contributed by atoms with Crippen molar-refractivity contribution >= 4 is 16.2 Å². The lowest BCUT2D eigenvalue weighted by Crippen LogP contribution is -2.45. The van der Waals surface area contributed by atoms with Gasteiger partial charge in [0.1, 0.15) is 5.82 Å². The molecule has 2 aromatic heterocycles. The molecule has 3 heterocycles. The van der Waals surface area contributed by atoms with Crippen molar-refractivity contribution in [3.8, 4) is 11.3 Å². The molecule has 28 heavy (non-hydrogen) atoms. The van der Waals surface area contributed by atoms with Crippen molar-refractivity contribution in [2.75, 3.05) is 27.2 Å². The zero-order chi connectivity index (χ0) is 20.5. The first kappa shape index (κ1) is 20.3. The van der Waals surface area contributed by atoms with Crippen LogP contribution >= 0.6 is 0 Å². The number of rotatable bonds is 5. The highest BCUT2D eigenvalue weighted by Gasteiger charge is 2.32. The first-order valence-corrected chi connectivity index (χ1v) is 10.3. The van der Waals surface area contributed by atoms with Gasteiger partial charge in [-0.15, -0.1) is 0 Å². The largest absolute Gasteiger partial charge is 0.478 e. The fraction of sp³-hybridized carbons (Fsp3) is 0.444. The first-order valence-electron chi connectivity index (χ1n) is 8.90. The number of nitrogens with zero attached hydrogens (tertiary/aromatic N) is 5. The van der Waals surface area contributed by atoms with Gasteiger partial charge in [0.25, 0.3) is 10.2 Å². The van der Waals surface area contributed by atoms with E-state index >= 15 is 0 Å². The van der Waals surface area contributed by atoms with E-state index in [2.05, 4.69) is 15.0 Å². The summed E-state index contributed by atoms with van der Waals surface area (Å²) in [5, 5.41) is 9.18. The molecule has 0 aromatic carbocycles. The van der Waals surface area contributed by atoms with E-state index in [9.17, 15) is 18.3 Å². The number of hydrogen-bond acceptors (Lipinski definition) is 6. The van der Waals surface area contributed by atoms with Crippen molar-refractivity contribution in [1.82, 2.24) is 23.6 Å². The Labute approximate surface area is 164 Å². The van der Waals surface area contributed by atoms with Gasteiger partial charge in [0.05, 0.1) is 11.3 Å². The Hall–Kier alpha value is -2.43. The van der Waals surface area contributed by atoms with E-state index in [1.165, 1.54) is 35.0 Å². The standard InChI is InChI=1S/C18H23N5O4S/c1-12-7-16(14-8-15(18(24)25)10-19-9-14)21-17(20-12)13-5-4-6-23(11-13)28(26,27)22(2)3/h7-10,13H,4-6,11H2,1-3H3,(H,24,25)/t13-/m0/s1. The molecule has 10 heteroatoms. The molecular weight excluding hydrogens is 382 g/mol. The van der Waals surface area contributed by atoms with Gasteiger partial charge in [-0.05, 0) is 31.9 Å². The van der Waals surface area contributed by atoms with E-state index in [-0.39, 0.29) is 11.5 Å². The minimum absolute atomic E-state index is 0.0798. The topological polar surface area (TPSA) is 117 Å². The maximum absolute atomic E-state index is 12.5. The van der Waals surface area contributed by atoms with Crippen molar-refractivity contribution in [3.05, 3.63) is 41.6 Å². The highest BCUT2D eigenvalue weighted by molar-refractivity contribution is 7.86. The molecule has 0 unspecified atom stereocenters. The summed E-state index contributed by atoms with van der Waals surface area (Å²) in [6.45, 7) is 2.62. The summed E-state index contributed by atoms with van der Waals surface area (Å²) in [6.07, 6.45) is 4.35. The van der Waals surface area contributed by atoms with Gasteiger partial charge in [0, 0.05) is 56.8 Å². The Morgan fingerprint density at radius 3 is 2.68 bits per heavy atom. The molecule has 1 saturated heterocycles. The lowest BCUT2D eigenvalue weighted by Gasteiger charge is -2.32. The van der Waals surface area contributed by atoms with E-state index in [1.807, 2.05) is 6.92 Å². The molecule has 0 aliphatic carbocycles. The van der Waals surface area contributed by atoms with Crippen LogP contribution in [0.25, 0.3) is 11.3 Å². The average Bonchev–Trinajstić information content (AvgIpc) is 2.67. The number of aromatic carboxylic acids is 1. The third-order valence-corrected chi connectivity index (χ3v) is 6.60. The summed E-state index contributed by atoms with van der Waals surface area (Å²) >= 11 is 0. The Morgan fingerprint density at radius 2 is 2.00 bits per heavy atom. The summed E-state index contributed by atoms with van der Waals surface area (Å²) < 4.78 is 27.6. The van der Waals surface area contributed by atoms with Crippen molar-refractivity contribution in [2.24, 2.45) is 0 Å². The molecule has 1 N–H and O–H groups in total. The Balaban J connectivity index is 1.93. The van der Waals surface area contributed by atoms with Gasteiger partial charge >= 0.3 is 5.97 Å². The molecular formula is C18H23N5O4S. The lowest BCUT2D eigenvalue weighted by molar-refractivity contribution is 0.0696. The number of carbonyl (C=O) groups is 1. The van der Waals surface area contributed by atoms with Crippen LogP contribution in [0.3, 0.4) is 0 Å². The number of aryl methyl sites for hydroxylation is 1. The fourth-order valence-corrected chi connectivity index (χ4v) is 4.40. The van der Waals surface area contributed by atoms with Gasteiger partial charge in [0.2, 0.25) is 0 Å². The van der Waals surface area contributed by atoms with Gasteiger partial charge < -0.3 is 5.11 Å². The van der Waals surface area contributed by atoms with Crippen LogP contribution in [0.1, 0.15) is 40.6 Å². The maximum atomic E-state index is 12.5. The summed E-state index contributed by atoms with van der Waals surface area (Å²) in [5.41, 5.74) is 1.97. The van der Waals surface area contributed by atoms with Crippen LogP contribution in [0.2, 0.25) is 0 Å². The van der Waals surface area contributed by atoms with E-state index in [1.54, 1.807) is 12.3 Å². The normalized spacial score (nSPS) is 18.4. The van der Waals surface area contributed by atoms with Gasteiger partial charge in [-0.2, -0.15) is 17.0 Å². The minimum atomic E-state index is -3.49. The van der Waals surface area contributed by atoms with E-state index in [0.29, 0.717) is 30.2 Å². The van der Waals surface area contributed by atoms with Gasteiger partial charge in [0.15, 0.2) is 0 Å². The predicted molar refractivity (Wildman–Crippen MR) is 103 cm³/mol. The third kappa shape index (κ3) is 4.18. The van der Waals surface area contributed by atoms with Crippen LogP contribution in [-0.4, -0.2) is 70.2 Å². The highest BCUT2D eigenvalue weighted by Crippen LogP contribution is 2.28. The van der Waals surface area contributed by atoms with Crippen molar-refractivity contribution < 1.29 is 18.3 Å². The Kier molecular flexibility index (Phi) is 5.73. The van der Waals surface area contributed by atoms with Gasteiger partial charge in [-0.3, -0.25) is 4.98 Å². The highest BCUT2D eigenvalue weighted by atomic mass is 32.2. The molecule has 0 amide bonds. The smallest absolute Gasteiger partial charge is 0.337 e. The Bertz CT molecular complexity index is 993. The van der Waals surface area contributed by atoms with Gasteiger partial charge in [-0.1, -0.05) is 0 Å². The molecule has 3 rings (SSSR count). The van der Waals surface area contributed by atoms with E-state index in [0.717, 1.165) is 18.5 Å². The van der Waals surface area contributed by atoms with Crippen LogP contribution in [0.4, 0.5) is 0 Å². The Morgan fingerprint density at radius 1 is 1.25 bits per heavy atom. The number of aromatic nitrogens is 3. The second kappa shape index (κ2) is 7.90. The third-order valence-electron chi connectivity index (χ3n) is 4.69. The zero-order valence-electron chi connectivity index (χ0n) is 16.0. The summed E-state index contributed by atoms with van der Waals surface area (Å²) in [7, 11) is -0.460. The number of pyridine rings is 1. The van der Waals surface area contributed by atoms with Crippen LogP contribution in [-0.2, 0) is 10.2 Å². The SMILES string of the molecule is Cc1cc(-c2cncc(C(=O)O)c2)nc([C@H]2CCCN(S(=O)(=O)N(C)C)C2)n1. The number of carboxylic acid groups (broad SMARTS) is 1. The maximum Gasteiger partial charge on any atom is 0.337 e. The number of carboxylic acids is 1. The fourth-order valence-electron chi connectivity index (χ4n) is 3.21. The molecule has 1 aliphatic rings. The number of piperidine rings is 1. The summed E-state index contributed by atoms with van der Waals surface area (Å²) in [5.74, 6) is -0.621. The molecule has 0 saturated carbocycles. The number of hydrogen-bond donors (Lipinski definition) is 1. The van der Waals surface area contributed by atoms with Crippen LogP contribution in [0.15, 0.2) is 24.5 Å². The van der Waals surface area contributed by atoms with Crippen LogP contribution in [0.5, 0.6) is 0 Å². The monoisotopic (exact) mass is 405 g/mol. The van der Waals surface area contributed by atoms with Crippen molar-refractivity contribution in [2.45, 2.75) is 25.7 Å².